The van der Waals surface area contributed by atoms with Gasteiger partial charge in [0.25, 0.3) is 0 Å². The van der Waals surface area contributed by atoms with Crippen molar-refractivity contribution in [3.8, 4) is 0 Å². The average Bonchev–Trinajstić information content (AvgIpc) is 2.27. The van der Waals surface area contributed by atoms with Gasteiger partial charge in [-0.1, -0.05) is 20.8 Å². The highest BCUT2D eigenvalue weighted by Crippen LogP contribution is 2.15. The molecule has 5 nitrogen and oxygen atoms in total. The highest BCUT2D eigenvalue weighted by molar-refractivity contribution is 5.81. The van der Waals surface area contributed by atoms with Crippen molar-refractivity contribution in [2.45, 2.75) is 27.7 Å². The van der Waals surface area contributed by atoms with E-state index in [1.165, 1.54) is 0 Å². The van der Waals surface area contributed by atoms with Gasteiger partial charge in [-0.2, -0.15) is 0 Å². The predicted molar refractivity (Wildman–Crippen MR) is 74.3 cm³/mol. The highest BCUT2D eigenvalue weighted by atomic mass is 16.2. The summed E-state index contributed by atoms with van der Waals surface area (Å²) in [4.78, 5) is 15.9. The Bertz CT molecular complexity index is 423. The van der Waals surface area contributed by atoms with Crippen molar-refractivity contribution in [1.29, 1.82) is 0 Å². The molecule has 1 rings (SSSR count). The topological polar surface area (TPSA) is 80.0 Å². The summed E-state index contributed by atoms with van der Waals surface area (Å²) >= 11 is 0. The van der Waals surface area contributed by atoms with Gasteiger partial charge < -0.3 is 16.4 Å². The van der Waals surface area contributed by atoms with Gasteiger partial charge in [0.1, 0.15) is 5.82 Å². The normalized spacial score (nSPS) is 11.1. The molecule has 0 unspecified atom stereocenters. The van der Waals surface area contributed by atoms with E-state index in [1.807, 2.05) is 39.8 Å². The number of carbonyl (C=O) groups is 1. The van der Waals surface area contributed by atoms with Gasteiger partial charge >= 0.3 is 0 Å². The van der Waals surface area contributed by atoms with Crippen LogP contribution in [0.25, 0.3) is 0 Å². The Hall–Kier alpha value is -1.78. The number of anilines is 2. The van der Waals surface area contributed by atoms with Crippen LogP contribution >= 0.6 is 0 Å². The summed E-state index contributed by atoms with van der Waals surface area (Å²) in [5.41, 5.74) is 6.95. The molecule has 0 radical (unpaired) electrons. The Balaban J connectivity index is 2.39. The molecular formula is C13H22N4O. The lowest BCUT2D eigenvalue weighted by Crippen LogP contribution is -2.37. The van der Waals surface area contributed by atoms with Crippen molar-refractivity contribution in [2.24, 2.45) is 5.41 Å². The first-order valence-electron chi connectivity index (χ1n) is 6.06. The van der Waals surface area contributed by atoms with Crippen molar-refractivity contribution in [3.63, 3.8) is 0 Å². The summed E-state index contributed by atoms with van der Waals surface area (Å²) in [6.45, 7) is 8.71. The van der Waals surface area contributed by atoms with Gasteiger partial charge in [-0.3, -0.25) is 4.79 Å². The van der Waals surface area contributed by atoms with Crippen molar-refractivity contribution < 1.29 is 4.79 Å². The molecule has 1 aromatic heterocycles. The Morgan fingerprint density at radius 3 is 2.61 bits per heavy atom. The number of aryl methyl sites for hydroxylation is 1. The summed E-state index contributed by atoms with van der Waals surface area (Å²) < 4.78 is 0. The molecule has 5 heteroatoms. The van der Waals surface area contributed by atoms with E-state index < -0.39 is 0 Å². The number of hydrogen-bond acceptors (Lipinski definition) is 4. The second kappa shape index (κ2) is 5.71. The number of hydrogen-bond donors (Lipinski definition) is 3. The minimum Gasteiger partial charge on any atom is -0.396 e. The molecule has 100 valence electrons. The molecule has 0 fully saturated rings. The molecule has 0 saturated carbocycles. The van der Waals surface area contributed by atoms with Crippen LogP contribution < -0.4 is 16.4 Å². The Labute approximate surface area is 108 Å². The summed E-state index contributed by atoms with van der Waals surface area (Å²) in [5.74, 6) is 0.703. The Morgan fingerprint density at radius 1 is 1.33 bits per heavy atom. The van der Waals surface area contributed by atoms with Crippen LogP contribution in [0.1, 0.15) is 26.5 Å². The number of carbonyl (C=O) groups excluding carboxylic acids is 1. The predicted octanol–water partition coefficient (Wildman–Crippen LogP) is 1.55. The fraction of sp³-hybridized carbons (Fsp3) is 0.538. The third-order valence-electron chi connectivity index (χ3n) is 2.45. The van der Waals surface area contributed by atoms with E-state index in [1.54, 1.807) is 0 Å². The highest BCUT2D eigenvalue weighted by Gasteiger charge is 2.20. The fourth-order valence-corrected chi connectivity index (χ4v) is 1.33. The van der Waals surface area contributed by atoms with E-state index >= 15 is 0 Å². The van der Waals surface area contributed by atoms with Crippen LogP contribution in [0.15, 0.2) is 12.1 Å². The second-order valence-corrected chi connectivity index (χ2v) is 5.32. The van der Waals surface area contributed by atoms with E-state index in [0.29, 0.717) is 24.6 Å². The zero-order valence-corrected chi connectivity index (χ0v) is 11.5. The third-order valence-corrected chi connectivity index (χ3v) is 2.45. The van der Waals surface area contributed by atoms with Gasteiger partial charge in [-0.15, -0.1) is 0 Å². The molecule has 0 spiro atoms. The standard InChI is InChI=1S/C13H22N4O/c1-9-5-6-10(14)11(17-9)15-7-8-16-12(18)13(2,3)4/h5-6H,7-8,14H2,1-4H3,(H,15,17)(H,16,18). The van der Waals surface area contributed by atoms with Crippen LogP contribution in [0, 0.1) is 12.3 Å². The van der Waals surface area contributed by atoms with Gasteiger partial charge in [0.2, 0.25) is 5.91 Å². The summed E-state index contributed by atoms with van der Waals surface area (Å²) in [7, 11) is 0. The van der Waals surface area contributed by atoms with Crippen LogP contribution in [0.3, 0.4) is 0 Å². The summed E-state index contributed by atoms with van der Waals surface area (Å²) in [5, 5.41) is 5.97. The lowest BCUT2D eigenvalue weighted by molar-refractivity contribution is -0.128. The van der Waals surface area contributed by atoms with E-state index in [-0.39, 0.29) is 11.3 Å². The summed E-state index contributed by atoms with van der Waals surface area (Å²) in [6.07, 6.45) is 0. The van der Waals surface area contributed by atoms with E-state index in [2.05, 4.69) is 15.6 Å². The molecule has 1 amide bonds. The van der Waals surface area contributed by atoms with Crippen molar-refractivity contribution in [1.82, 2.24) is 10.3 Å². The van der Waals surface area contributed by atoms with Crippen LogP contribution in [0.2, 0.25) is 0 Å². The molecule has 0 aliphatic rings. The minimum absolute atomic E-state index is 0.0365. The van der Waals surface area contributed by atoms with Crippen molar-refractivity contribution in [3.05, 3.63) is 17.8 Å². The van der Waals surface area contributed by atoms with Crippen LogP contribution in [0.4, 0.5) is 11.5 Å². The molecule has 0 saturated heterocycles. The number of aromatic nitrogens is 1. The number of nitrogens with one attached hydrogen (secondary N) is 2. The maximum atomic E-state index is 11.6. The first-order chi connectivity index (χ1) is 8.30. The molecule has 1 heterocycles. The number of pyridine rings is 1. The number of nitrogens with zero attached hydrogens (tertiary/aromatic N) is 1. The largest absolute Gasteiger partial charge is 0.396 e. The lowest BCUT2D eigenvalue weighted by Gasteiger charge is -2.18. The second-order valence-electron chi connectivity index (χ2n) is 5.32. The minimum atomic E-state index is -0.361. The monoisotopic (exact) mass is 250 g/mol. The molecule has 1 aromatic rings. The molecule has 0 bridgehead atoms. The zero-order chi connectivity index (χ0) is 13.8. The molecule has 0 atom stereocenters. The number of rotatable bonds is 4. The van der Waals surface area contributed by atoms with Crippen LogP contribution in [-0.4, -0.2) is 24.0 Å². The number of amides is 1. The molecule has 0 aliphatic heterocycles. The molecular weight excluding hydrogens is 228 g/mol. The number of nitrogen functional groups attached to an aromatic ring is 1. The van der Waals surface area contributed by atoms with Crippen molar-refractivity contribution >= 4 is 17.4 Å². The third kappa shape index (κ3) is 4.24. The van der Waals surface area contributed by atoms with Gasteiger partial charge in [-0.25, -0.2) is 4.98 Å². The maximum absolute atomic E-state index is 11.6. The zero-order valence-electron chi connectivity index (χ0n) is 11.5. The Kier molecular flexibility index (Phi) is 4.53. The first-order valence-corrected chi connectivity index (χ1v) is 6.06. The Morgan fingerprint density at radius 2 is 2.00 bits per heavy atom. The maximum Gasteiger partial charge on any atom is 0.225 e. The van der Waals surface area contributed by atoms with Crippen LogP contribution in [0.5, 0.6) is 0 Å². The smallest absolute Gasteiger partial charge is 0.225 e. The quantitative estimate of drug-likeness (QED) is 0.708. The van der Waals surface area contributed by atoms with Crippen LogP contribution in [-0.2, 0) is 4.79 Å². The van der Waals surface area contributed by atoms with Crippen molar-refractivity contribution in [2.75, 3.05) is 24.1 Å². The lowest BCUT2D eigenvalue weighted by atomic mass is 9.96. The first kappa shape index (κ1) is 14.3. The molecule has 4 N–H and O–H groups in total. The fourth-order valence-electron chi connectivity index (χ4n) is 1.33. The average molecular weight is 250 g/mol. The summed E-state index contributed by atoms with van der Waals surface area (Å²) in [6, 6.07) is 3.68. The van der Waals surface area contributed by atoms with Gasteiger partial charge in [0, 0.05) is 24.2 Å². The SMILES string of the molecule is Cc1ccc(N)c(NCCNC(=O)C(C)(C)C)n1. The molecule has 18 heavy (non-hydrogen) atoms. The van der Waals surface area contributed by atoms with E-state index in [9.17, 15) is 4.79 Å². The van der Waals surface area contributed by atoms with Gasteiger partial charge in [0.15, 0.2) is 0 Å². The van der Waals surface area contributed by atoms with Gasteiger partial charge in [0.05, 0.1) is 5.69 Å². The van der Waals surface area contributed by atoms with E-state index in [4.69, 9.17) is 5.73 Å². The number of nitrogens with two attached hydrogens (primary N) is 1. The molecule has 0 aliphatic carbocycles. The molecule has 0 aromatic carbocycles. The van der Waals surface area contributed by atoms with E-state index in [0.717, 1.165) is 5.69 Å². The van der Waals surface area contributed by atoms with Gasteiger partial charge in [-0.05, 0) is 19.1 Å².